The molecular weight excluding hydrogens is 262 g/mol. The third-order valence-electron chi connectivity index (χ3n) is 3.33. The Morgan fingerprint density at radius 1 is 1.00 bits per heavy atom. The number of nitrogens with zero attached hydrogens (tertiary/aromatic N) is 1. The molecule has 0 aliphatic heterocycles. The molecule has 2 rings (SSSR count). The van der Waals surface area contributed by atoms with Crippen LogP contribution in [0.25, 0.3) is 10.2 Å². The molecule has 19 heavy (non-hydrogen) atoms. The van der Waals surface area contributed by atoms with E-state index in [1.807, 2.05) is 0 Å². The second kappa shape index (κ2) is 6.10. The average molecular weight is 281 g/mol. The molecule has 2 aromatic rings. The Morgan fingerprint density at radius 3 is 2.47 bits per heavy atom. The van der Waals surface area contributed by atoms with Gasteiger partial charge in [-0.1, -0.05) is 32.6 Å². The van der Waals surface area contributed by atoms with E-state index in [-0.39, 0.29) is 17.2 Å². The molecule has 0 aliphatic rings. The van der Waals surface area contributed by atoms with Crippen LogP contribution < -0.4 is 0 Å². The van der Waals surface area contributed by atoms with Gasteiger partial charge < -0.3 is 15.3 Å². The lowest BCUT2D eigenvalue weighted by atomic mass is 10.0. The normalized spacial score (nSPS) is 11.2. The van der Waals surface area contributed by atoms with Crippen molar-refractivity contribution >= 4 is 21.6 Å². The lowest BCUT2D eigenvalue weighted by molar-refractivity contribution is 0.394. The first-order valence-electron chi connectivity index (χ1n) is 6.65. The number of phenols is 3. The van der Waals surface area contributed by atoms with E-state index in [2.05, 4.69) is 11.9 Å². The van der Waals surface area contributed by atoms with Crippen LogP contribution in [0.2, 0.25) is 0 Å². The van der Waals surface area contributed by atoms with Gasteiger partial charge in [0.05, 0.1) is 5.51 Å². The minimum Gasteiger partial charge on any atom is -0.505 e. The van der Waals surface area contributed by atoms with Crippen molar-refractivity contribution < 1.29 is 15.3 Å². The predicted octanol–water partition coefficient (Wildman–Crippen LogP) is 3.93. The van der Waals surface area contributed by atoms with Crippen LogP contribution in [0.1, 0.15) is 44.6 Å². The topological polar surface area (TPSA) is 73.6 Å². The van der Waals surface area contributed by atoms with E-state index >= 15 is 0 Å². The van der Waals surface area contributed by atoms with Crippen molar-refractivity contribution in [2.75, 3.05) is 0 Å². The molecular formula is C14H19NO3S. The molecule has 5 heteroatoms. The van der Waals surface area contributed by atoms with Crippen LogP contribution in [0, 0.1) is 0 Å². The molecule has 1 aromatic carbocycles. The molecule has 0 fully saturated rings. The third-order valence-corrected chi connectivity index (χ3v) is 4.17. The van der Waals surface area contributed by atoms with Crippen molar-refractivity contribution in [3.05, 3.63) is 11.1 Å². The van der Waals surface area contributed by atoms with Crippen LogP contribution in [0.5, 0.6) is 17.2 Å². The van der Waals surface area contributed by atoms with Gasteiger partial charge in [0.1, 0.15) is 16.0 Å². The van der Waals surface area contributed by atoms with Crippen LogP contribution in [0.15, 0.2) is 5.51 Å². The number of hydrogen-bond acceptors (Lipinski definition) is 5. The van der Waals surface area contributed by atoms with E-state index in [0.29, 0.717) is 22.2 Å². The molecule has 0 saturated carbocycles. The summed E-state index contributed by atoms with van der Waals surface area (Å²) in [7, 11) is 0. The van der Waals surface area contributed by atoms with Gasteiger partial charge in [-0.2, -0.15) is 0 Å². The summed E-state index contributed by atoms with van der Waals surface area (Å²) in [6, 6.07) is 0. The van der Waals surface area contributed by atoms with Crippen molar-refractivity contribution in [3.8, 4) is 17.2 Å². The molecule has 0 bridgehead atoms. The molecule has 4 nitrogen and oxygen atoms in total. The average Bonchev–Trinajstić information content (AvgIpc) is 2.89. The van der Waals surface area contributed by atoms with Crippen LogP contribution >= 0.6 is 11.3 Å². The summed E-state index contributed by atoms with van der Waals surface area (Å²) in [4.78, 5) is 4.04. The first-order valence-corrected chi connectivity index (χ1v) is 7.53. The number of rotatable bonds is 6. The summed E-state index contributed by atoms with van der Waals surface area (Å²) in [5.74, 6) is -0.370. The summed E-state index contributed by atoms with van der Waals surface area (Å²) >= 11 is 1.20. The molecule has 0 spiro atoms. The Morgan fingerprint density at radius 2 is 1.74 bits per heavy atom. The first-order chi connectivity index (χ1) is 9.16. The number of aromatic nitrogens is 1. The molecule has 1 heterocycles. The lowest BCUT2D eigenvalue weighted by Gasteiger charge is -2.09. The fourth-order valence-corrected chi connectivity index (χ4v) is 2.96. The molecule has 0 unspecified atom stereocenters. The van der Waals surface area contributed by atoms with Gasteiger partial charge in [0, 0.05) is 5.56 Å². The van der Waals surface area contributed by atoms with Gasteiger partial charge in [-0.15, -0.1) is 11.3 Å². The largest absolute Gasteiger partial charge is 0.505 e. The Hall–Kier alpha value is -1.49. The van der Waals surface area contributed by atoms with Gasteiger partial charge in [0.25, 0.3) is 0 Å². The standard InChI is InChI=1S/C14H19NO3S/c1-2-3-4-5-6-7-9-11(16)10-14(19-8-15-10)13(18)12(9)17/h8,16-18H,2-7H2,1H3. The van der Waals surface area contributed by atoms with E-state index in [9.17, 15) is 15.3 Å². The summed E-state index contributed by atoms with van der Waals surface area (Å²) in [5, 5.41) is 30.0. The highest BCUT2D eigenvalue weighted by atomic mass is 32.1. The van der Waals surface area contributed by atoms with E-state index in [0.717, 1.165) is 19.3 Å². The zero-order chi connectivity index (χ0) is 13.8. The third kappa shape index (κ3) is 2.76. The Bertz CT molecular complexity index is 565. The van der Waals surface area contributed by atoms with Gasteiger partial charge in [-0.05, 0) is 12.8 Å². The first kappa shape index (κ1) is 13.9. The van der Waals surface area contributed by atoms with Crippen molar-refractivity contribution in [3.63, 3.8) is 0 Å². The zero-order valence-electron chi connectivity index (χ0n) is 11.0. The van der Waals surface area contributed by atoms with E-state index in [1.165, 1.54) is 24.2 Å². The van der Waals surface area contributed by atoms with Crippen LogP contribution in [-0.4, -0.2) is 20.3 Å². The van der Waals surface area contributed by atoms with Gasteiger partial charge in [0.2, 0.25) is 0 Å². The number of thiazole rings is 1. The second-order valence-electron chi connectivity index (χ2n) is 4.72. The van der Waals surface area contributed by atoms with E-state index in [1.54, 1.807) is 5.51 Å². The van der Waals surface area contributed by atoms with E-state index in [4.69, 9.17) is 0 Å². The predicted molar refractivity (Wildman–Crippen MR) is 77.1 cm³/mol. The highest BCUT2D eigenvalue weighted by Gasteiger charge is 2.19. The second-order valence-corrected chi connectivity index (χ2v) is 5.57. The zero-order valence-corrected chi connectivity index (χ0v) is 11.8. The number of unbranched alkanes of at least 4 members (excludes halogenated alkanes) is 4. The maximum Gasteiger partial charge on any atom is 0.177 e. The van der Waals surface area contributed by atoms with Crippen molar-refractivity contribution in [1.82, 2.24) is 4.98 Å². The fourth-order valence-electron chi connectivity index (χ4n) is 2.23. The summed E-state index contributed by atoms with van der Waals surface area (Å²) in [6.07, 6.45) is 6.04. The molecule has 0 radical (unpaired) electrons. The minimum absolute atomic E-state index is 0.00189. The number of benzene rings is 1. The number of phenolic OH excluding ortho intramolecular Hbond substituents is 3. The summed E-state index contributed by atoms with van der Waals surface area (Å²) in [5.41, 5.74) is 2.34. The molecule has 3 N–H and O–H groups in total. The number of aromatic hydroxyl groups is 3. The van der Waals surface area contributed by atoms with Gasteiger partial charge in [0.15, 0.2) is 11.5 Å². The van der Waals surface area contributed by atoms with Crippen LogP contribution in [-0.2, 0) is 6.42 Å². The van der Waals surface area contributed by atoms with Crippen molar-refractivity contribution in [1.29, 1.82) is 0 Å². The van der Waals surface area contributed by atoms with Gasteiger partial charge in [-0.25, -0.2) is 4.98 Å². The van der Waals surface area contributed by atoms with Crippen molar-refractivity contribution in [2.45, 2.75) is 45.4 Å². The minimum atomic E-state index is -0.204. The van der Waals surface area contributed by atoms with Crippen molar-refractivity contribution in [2.24, 2.45) is 0 Å². The van der Waals surface area contributed by atoms with Crippen LogP contribution in [0.4, 0.5) is 0 Å². The summed E-state index contributed by atoms with van der Waals surface area (Å²) < 4.78 is 0.435. The lowest BCUT2D eigenvalue weighted by Crippen LogP contribution is -1.90. The van der Waals surface area contributed by atoms with Crippen LogP contribution in [0.3, 0.4) is 0 Å². The smallest absolute Gasteiger partial charge is 0.177 e. The SMILES string of the molecule is CCCCCCCc1c(O)c(O)c2scnc2c1O. The molecule has 0 amide bonds. The number of fused-ring (bicyclic) bond motifs is 1. The summed E-state index contributed by atoms with van der Waals surface area (Å²) in [6.45, 7) is 2.16. The van der Waals surface area contributed by atoms with Gasteiger partial charge >= 0.3 is 0 Å². The molecule has 1 aromatic heterocycles. The van der Waals surface area contributed by atoms with Gasteiger partial charge in [-0.3, -0.25) is 0 Å². The Balaban J connectivity index is 2.18. The Kier molecular flexibility index (Phi) is 4.47. The highest BCUT2D eigenvalue weighted by molar-refractivity contribution is 7.17. The number of hydrogen-bond donors (Lipinski definition) is 3. The fraction of sp³-hybridized carbons (Fsp3) is 0.500. The monoisotopic (exact) mass is 281 g/mol. The quantitative estimate of drug-likeness (QED) is 0.426. The maximum atomic E-state index is 10.1. The molecule has 0 atom stereocenters. The molecule has 0 aliphatic carbocycles. The van der Waals surface area contributed by atoms with E-state index < -0.39 is 0 Å². The molecule has 104 valence electrons. The Labute approximate surface area is 116 Å². The highest BCUT2D eigenvalue weighted by Crippen LogP contribution is 2.45. The maximum absolute atomic E-state index is 10.1. The molecule has 0 saturated heterocycles.